The van der Waals surface area contributed by atoms with Crippen LogP contribution >= 0.6 is 11.6 Å². The molecule has 0 spiro atoms. The van der Waals surface area contributed by atoms with Gasteiger partial charge in [0.2, 0.25) is 0 Å². The molecule has 0 saturated carbocycles. The normalized spacial score (nSPS) is 10.2. The van der Waals surface area contributed by atoms with Gasteiger partial charge in [-0.15, -0.1) is 11.6 Å². The predicted molar refractivity (Wildman–Crippen MR) is 79.9 cm³/mol. The highest BCUT2D eigenvalue weighted by molar-refractivity contribution is 6.17. The standard InChI is InChI=1S/C16H17ClO3/c1-18-15-8-7-14(9-16(15)19-2)20-11-13-6-4-3-5-12(13)10-17/h3-9H,10-11H2,1-2H3. The molecule has 0 aliphatic heterocycles. The number of halogens is 1. The molecule has 0 unspecified atom stereocenters. The summed E-state index contributed by atoms with van der Waals surface area (Å²) in [5.41, 5.74) is 2.16. The van der Waals surface area contributed by atoms with Crippen molar-refractivity contribution in [3.05, 3.63) is 53.6 Å². The Bertz CT molecular complexity index is 569. The molecule has 0 fully saturated rings. The largest absolute Gasteiger partial charge is 0.493 e. The van der Waals surface area contributed by atoms with E-state index in [0.717, 1.165) is 16.9 Å². The minimum absolute atomic E-state index is 0.471. The molecule has 0 aromatic heterocycles. The molecule has 2 rings (SSSR count). The van der Waals surface area contributed by atoms with Crippen molar-refractivity contribution in [2.45, 2.75) is 12.5 Å². The third-order valence-electron chi connectivity index (χ3n) is 3.01. The van der Waals surface area contributed by atoms with Crippen molar-refractivity contribution < 1.29 is 14.2 Å². The highest BCUT2D eigenvalue weighted by Crippen LogP contribution is 2.31. The van der Waals surface area contributed by atoms with Crippen LogP contribution in [-0.2, 0) is 12.5 Å². The van der Waals surface area contributed by atoms with E-state index >= 15 is 0 Å². The average molecular weight is 293 g/mol. The minimum Gasteiger partial charge on any atom is -0.493 e. The fourth-order valence-corrected chi connectivity index (χ4v) is 2.16. The summed E-state index contributed by atoms with van der Waals surface area (Å²) in [4.78, 5) is 0. The van der Waals surface area contributed by atoms with Gasteiger partial charge in [0.25, 0.3) is 0 Å². The summed E-state index contributed by atoms with van der Waals surface area (Å²) >= 11 is 5.91. The van der Waals surface area contributed by atoms with Gasteiger partial charge in [-0.25, -0.2) is 0 Å². The van der Waals surface area contributed by atoms with Gasteiger partial charge >= 0.3 is 0 Å². The zero-order valence-electron chi connectivity index (χ0n) is 11.6. The molecule has 0 aliphatic carbocycles. The second-order valence-electron chi connectivity index (χ2n) is 4.21. The van der Waals surface area contributed by atoms with Gasteiger partial charge in [-0.3, -0.25) is 0 Å². The zero-order chi connectivity index (χ0) is 14.4. The Morgan fingerprint density at radius 2 is 1.60 bits per heavy atom. The van der Waals surface area contributed by atoms with E-state index in [2.05, 4.69) is 0 Å². The van der Waals surface area contributed by atoms with Crippen molar-refractivity contribution in [1.29, 1.82) is 0 Å². The molecule has 20 heavy (non-hydrogen) atoms. The highest BCUT2D eigenvalue weighted by atomic mass is 35.5. The van der Waals surface area contributed by atoms with Gasteiger partial charge in [-0.2, -0.15) is 0 Å². The summed E-state index contributed by atoms with van der Waals surface area (Å²) in [5, 5.41) is 0. The average Bonchev–Trinajstić information content (AvgIpc) is 2.52. The van der Waals surface area contributed by atoms with E-state index in [1.807, 2.05) is 42.5 Å². The summed E-state index contributed by atoms with van der Waals surface area (Å²) in [6.45, 7) is 0.471. The first-order chi connectivity index (χ1) is 9.78. The van der Waals surface area contributed by atoms with Gasteiger partial charge in [0.15, 0.2) is 11.5 Å². The maximum absolute atomic E-state index is 5.91. The third kappa shape index (κ3) is 3.36. The number of rotatable bonds is 6. The van der Waals surface area contributed by atoms with E-state index in [9.17, 15) is 0 Å². The van der Waals surface area contributed by atoms with Gasteiger partial charge in [0, 0.05) is 11.9 Å². The third-order valence-corrected chi connectivity index (χ3v) is 3.30. The number of benzene rings is 2. The fraction of sp³-hybridized carbons (Fsp3) is 0.250. The van der Waals surface area contributed by atoms with E-state index in [1.165, 1.54) is 0 Å². The van der Waals surface area contributed by atoms with Gasteiger partial charge in [0.1, 0.15) is 12.4 Å². The number of hydrogen-bond donors (Lipinski definition) is 0. The van der Waals surface area contributed by atoms with Crippen molar-refractivity contribution in [3.8, 4) is 17.2 Å². The molecule has 0 saturated heterocycles. The van der Waals surface area contributed by atoms with Crippen LogP contribution in [0.5, 0.6) is 17.2 Å². The maximum Gasteiger partial charge on any atom is 0.164 e. The first-order valence-electron chi connectivity index (χ1n) is 6.26. The van der Waals surface area contributed by atoms with Crippen LogP contribution in [0.2, 0.25) is 0 Å². The molecule has 2 aromatic carbocycles. The molecule has 0 aliphatic rings. The van der Waals surface area contributed by atoms with Crippen LogP contribution in [0.3, 0.4) is 0 Å². The van der Waals surface area contributed by atoms with E-state index in [4.69, 9.17) is 25.8 Å². The van der Waals surface area contributed by atoms with Crippen LogP contribution in [0.4, 0.5) is 0 Å². The number of methoxy groups -OCH3 is 2. The molecule has 0 amide bonds. The van der Waals surface area contributed by atoms with E-state index in [1.54, 1.807) is 14.2 Å². The van der Waals surface area contributed by atoms with Crippen LogP contribution in [0, 0.1) is 0 Å². The fourth-order valence-electron chi connectivity index (χ4n) is 1.90. The van der Waals surface area contributed by atoms with Crippen molar-refractivity contribution in [2.24, 2.45) is 0 Å². The Kier molecular flexibility index (Phi) is 5.13. The molecular weight excluding hydrogens is 276 g/mol. The smallest absolute Gasteiger partial charge is 0.164 e. The molecule has 106 valence electrons. The minimum atomic E-state index is 0.471. The highest BCUT2D eigenvalue weighted by Gasteiger charge is 2.06. The first-order valence-corrected chi connectivity index (χ1v) is 6.79. The van der Waals surface area contributed by atoms with Crippen LogP contribution in [0.25, 0.3) is 0 Å². The lowest BCUT2D eigenvalue weighted by Crippen LogP contribution is -1.99. The van der Waals surface area contributed by atoms with Gasteiger partial charge < -0.3 is 14.2 Å². The van der Waals surface area contributed by atoms with Crippen molar-refractivity contribution in [2.75, 3.05) is 14.2 Å². The zero-order valence-corrected chi connectivity index (χ0v) is 12.3. The molecule has 2 aromatic rings. The molecule has 3 nitrogen and oxygen atoms in total. The van der Waals surface area contributed by atoms with Crippen LogP contribution < -0.4 is 14.2 Å². The molecule has 0 radical (unpaired) electrons. The second-order valence-corrected chi connectivity index (χ2v) is 4.48. The lowest BCUT2D eigenvalue weighted by atomic mass is 10.1. The van der Waals surface area contributed by atoms with Gasteiger partial charge in [-0.05, 0) is 23.3 Å². The quantitative estimate of drug-likeness (QED) is 0.753. The molecular formula is C16H17ClO3. The summed E-state index contributed by atoms with van der Waals surface area (Å²) in [6, 6.07) is 13.4. The Morgan fingerprint density at radius 3 is 2.25 bits per heavy atom. The van der Waals surface area contributed by atoms with Crippen molar-refractivity contribution in [1.82, 2.24) is 0 Å². The summed E-state index contributed by atoms with van der Waals surface area (Å²) in [7, 11) is 3.21. The summed E-state index contributed by atoms with van der Waals surface area (Å²) in [6.07, 6.45) is 0. The topological polar surface area (TPSA) is 27.7 Å². The molecule has 0 heterocycles. The van der Waals surface area contributed by atoms with Gasteiger partial charge in [0.05, 0.1) is 14.2 Å². The summed E-state index contributed by atoms with van der Waals surface area (Å²) < 4.78 is 16.2. The number of alkyl halides is 1. The molecule has 4 heteroatoms. The SMILES string of the molecule is COc1ccc(OCc2ccccc2CCl)cc1OC. The Balaban J connectivity index is 2.11. The van der Waals surface area contributed by atoms with Crippen LogP contribution in [0.1, 0.15) is 11.1 Å². The predicted octanol–water partition coefficient (Wildman–Crippen LogP) is 4.02. The summed E-state index contributed by atoms with van der Waals surface area (Å²) in [5.74, 6) is 2.54. The van der Waals surface area contributed by atoms with Crippen molar-refractivity contribution in [3.63, 3.8) is 0 Å². The Hall–Kier alpha value is -1.87. The van der Waals surface area contributed by atoms with E-state index in [-0.39, 0.29) is 0 Å². The molecule has 0 atom stereocenters. The second kappa shape index (κ2) is 7.06. The molecule has 0 N–H and O–H groups in total. The molecule has 0 bridgehead atoms. The number of ether oxygens (including phenoxy) is 3. The van der Waals surface area contributed by atoms with Crippen molar-refractivity contribution >= 4 is 11.6 Å². The van der Waals surface area contributed by atoms with E-state index < -0.39 is 0 Å². The first kappa shape index (κ1) is 14.5. The maximum atomic E-state index is 5.91. The lowest BCUT2D eigenvalue weighted by molar-refractivity contribution is 0.299. The lowest BCUT2D eigenvalue weighted by Gasteiger charge is -2.12. The van der Waals surface area contributed by atoms with E-state index in [0.29, 0.717) is 24.0 Å². The van der Waals surface area contributed by atoms with Crippen LogP contribution in [0.15, 0.2) is 42.5 Å². The number of hydrogen-bond acceptors (Lipinski definition) is 3. The monoisotopic (exact) mass is 292 g/mol. The Labute approximate surface area is 124 Å². The van der Waals surface area contributed by atoms with Gasteiger partial charge in [-0.1, -0.05) is 24.3 Å². The van der Waals surface area contributed by atoms with Crippen LogP contribution in [-0.4, -0.2) is 14.2 Å². The Morgan fingerprint density at radius 1 is 0.900 bits per heavy atom.